The van der Waals surface area contributed by atoms with E-state index in [1.54, 1.807) is 0 Å². The molecule has 20 heavy (non-hydrogen) atoms. The van der Waals surface area contributed by atoms with Crippen LogP contribution in [0.2, 0.25) is 4.44 Å². The van der Waals surface area contributed by atoms with Crippen molar-refractivity contribution in [1.29, 1.82) is 0 Å². The third-order valence-electron chi connectivity index (χ3n) is 3.97. The molecule has 4 heteroatoms. The van der Waals surface area contributed by atoms with Crippen LogP contribution in [0.1, 0.15) is 51.0 Å². The molecule has 1 aromatic rings. The number of hydrogen-bond donors (Lipinski definition) is 2. The number of hydrogen-bond acceptors (Lipinski definition) is 2. The van der Waals surface area contributed by atoms with Crippen molar-refractivity contribution >= 4 is 30.7 Å². The first kappa shape index (κ1) is 15.8. The van der Waals surface area contributed by atoms with E-state index in [1.165, 1.54) is 35.7 Å². The molecule has 0 spiro atoms. The summed E-state index contributed by atoms with van der Waals surface area (Å²) in [6.45, 7) is 2.20. The zero-order valence-electron chi connectivity index (χ0n) is 12.4. The van der Waals surface area contributed by atoms with Crippen molar-refractivity contribution in [2.75, 3.05) is 0 Å². The summed E-state index contributed by atoms with van der Waals surface area (Å²) >= 11 is -0.638. The summed E-state index contributed by atoms with van der Waals surface area (Å²) in [5.41, 5.74) is 14.7. The van der Waals surface area contributed by atoms with Gasteiger partial charge < -0.3 is 0 Å². The summed E-state index contributed by atoms with van der Waals surface area (Å²) < 4.78 is 2.15. The molecule has 2 rings (SSSR count). The molecule has 0 amide bonds. The summed E-state index contributed by atoms with van der Waals surface area (Å²) in [6.07, 6.45) is 7.17. The monoisotopic (exact) mass is 379 g/mol. The summed E-state index contributed by atoms with van der Waals surface area (Å²) in [7, 11) is 0. The van der Waals surface area contributed by atoms with Crippen LogP contribution in [0.4, 0.5) is 5.69 Å². The van der Waals surface area contributed by atoms with Crippen LogP contribution >= 0.6 is 0 Å². The van der Waals surface area contributed by atoms with Crippen molar-refractivity contribution < 1.29 is 0 Å². The van der Waals surface area contributed by atoms with Gasteiger partial charge in [-0.3, -0.25) is 0 Å². The van der Waals surface area contributed by atoms with Crippen molar-refractivity contribution in [1.82, 2.24) is 0 Å². The van der Waals surface area contributed by atoms with Crippen LogP contribution in [-0.2, 0) is 5.54 Å². The second kappa shape index (κ2) is 7.46. The van der Waals surface area contributed by atoms with Gasteiger partial charge in [-0.1, -0.05) is 0 Å². The van der Waals surface area contributed by atoms with E-state index in [4.69, 9.17) is 11.5 Å². The Morgan fingerprint density at radius 2 is 2.05 bits per heavy atom. The van der Waals surface area contributed by atoms with Gasteiger partial charge in [0, 0.05) is 0 Å². The molecule has 1 saturated carbocycles. The molecule has 0 aromatic heterocycles. The average molecular weight is 378 g/mol. The van der Waals surface area contributed by atoms with Gasteiger partial charge in [0.1, 0.15) is 0 Å². The van der Waals surface area contributed by atoms with Gasteiger partial charge >= 0.3 is 132 Å². The number of nitrogens with two attached hydrogens (primary N) is 2. The quantitative estimate of drug-likeness (QED) is 0.469. The first-order valence-electron chi connectivity index (χ1n) is 7.61. The van der Waals surface area contributed by atoms with E-state index in [0.717, 1.165) is 22.4 Å². The molecule has 1 fully saturated rings. The van der Waals surface area contributed by atoms with Gasteiger partial charge in [0.25, 0.3) is 0 Å². The van der Waals surface area contributed by atoms with Gasteiger partial charge in [0.05, 0.1) is 0 Å². The Balaban J connectivity index is 2.15. The zero-order valence-corrected chi connectivity index (χ0v) is 15.2. The van der Waals surface area contributed by atoms with Crippen molar-refractivity contribution in [3.8, 4) is 0 Å². The normalized spacial score (nSPS) is 18.6. The Morgan fingerprint density at radius 3 is 2.75 bits per heavy atom. The van der Waals surface area contributed by atoms with E-state index in [-0.39, 0.29) is 5.54 Å². The van der Waals surface area contributed by atoms with Crippen LogP contribution in [0, 0.1) is 0 Å². The van der Waals surface area contributed by atoms with E-state index in [1.807, 2.05) is 6.07 Å². The van der Waals surface area contributed by atoms with Crippen molar-refractivity contribution in [2.45, 2.75) is 55.4 Å². The molecule has 0 saturated heterocycles. The van der Waals surface area contributed by atoms with Crippen LogP contribution in [0.3, 0.4) is 0 Å². The minimum absolute atomic E-state index is 0.151. The summed E-state index contributed by atoms with van der Waals surface area (Å²) in [6, 6.07) is 8.39. The molecule has 0 heterocycles. The Labute approximate surface area is 132 Å². The molecule has 0 aliphatic heterocycles. The van der Waals surface area contributed by atoms with Crippen LogP contribution < -0.4 is 11.5 Å². The van der Waals surface area contributed by atoms with Crippen molar-refractivity contribution in [3.05, 3.63) is 29.8 Å². The molecule has 0 unspecified atom stereocenters. The molecule has 0 bridgehead atoms. The third kappa shape index (κ3) is 4.22. The maximum atomic E-state index is 6.59. The van der Waals surface area contributed by atoms with Gasteiger partial charge in [-0.25, -0.2) is 0 Å². The van der Waals surface area contributed by atoms with E-state index in [0.29, 0.717) is 0 Å². The number of rotatable bonds is 5. The van der Waals surface area contributed by atoms with E-state index < -0.39 is 21.1 Å². The van der Waals surface area contributed by atoms with Gasteiger partial charge in [-0.15, -0.1) is 0 Å². The second-order valence-corrected chi connectivity index (χ2v) is 9.59. The van der Waals surface area contributed by atoms with E-state index in [2.05, 4.69) is 30.1 Å². The zero-order chi connectivity index (χ0) is 14.4. The van der Waals surface area contributed by atoms with Crippen LogP contribution in [0.25, 0.3) is 0 Å². The Kier molecular flexibility index (Phi) is 5.90. The summed E-state index contributed by atoms with van der Waals surface area (Å²) in [5.74, 6) is 0. The standard InChI is InChI=1S/C13H18N3.C3H7.Sn/c14-10-16-12-6-4-5-11(9-12)13(15)7-2-1-3-8-13;1-3-2;/h4-6,9H,1-3,7-8,15H2,(H2,14,16);1,3H2,2H3;/q;;+2. The SMILES string of the molecule is CC[CH2][Sn+2][C](N)=Nc1cccc(C2(N)CCCCC2)c1. The predicted molar refractivity (Wildman–Crippen MR) is 87.5 cm³/mol. The first-order chi connectivity index (χ1) is 9.64. The molecular formula is C16H25N3Sn+2. The maximum absolute atomic E-state index is 6.59. The molecule has 106 valence electrons. The molecule has 0 atom stereocenters. The average Bonchev–Trinajstić information content (AvgIpc) is 2.46. The molecule has 4 N–H and O–H groups in total. The molecular weight excluding hydrogens is 353 g/mol. The molecule has 1 aliphatic carbocycles. The fraction of sp³-hybridized carbons (Fsp3) is 0.562. The molecule has 0 radical (unpaired) electrons. The van der Waals surface area contributed by atoms with Crippen molar-refractivity contribution in [3.63, 3.8) is 0 Å². The predicted octanol–water partition coefficient (Wildman–Crippen LogP) is 3.28. The van der Waals surface area contributed by atoms with E-state index in [9.17, 15) is 0 Å². The number of benzene rings is 1. The van der Waals surface area contributed by atoms with Crippen LogP contribution in [0.5, 0.6) is 0 Å². The number of aliphatic imine (C=N–C) groups is 1. The molecule has 3 nitrogen and oxygen atoms in total. The minimum atomic E-state index is -0.638. The molecule has 1 aromatic carbocycles. The summed E-state index contributed by atoms with van der Waals surface area (Å²) in [4.78, 5) is 4.60. The van der Waals surface area contributed by atoms with Crippen molar-refractivity contribution in [2.24, 2.45) is 16.5 Å². The Bertz CT molecular complexity index is 465. The summed E-state index contributed by atoms with van der Waals surface area (Å²) in [5, 5.41) is 0. The molecule has 1 aliphatic rings. The van der Waals surface area contributed by atoms with Crippen LogP contribution in [0.15, 0.2) is 29.3 Å². The fourth-order valence-electron chi connectivity index (χ4n) is 2.79. The van der Waals surface area contributed by atoms with Gasteiger partial charge in [-0.2, -0.15) is 0 Å². The van der Waals surface area contributed by atoms with Gasteiger partial charge in [0.2, 0.25) is 0 Å². The first-order valence-corrected chi connectivity index (χ1v) is 11.1. The fourth-order valence-corrected chi connectivity index (χ4v) is 4.83. The van der Waals surface area contributed by atoms with Gasteiger partial charge in [-0.05, 0) is 0 Å². The Hall–Kier alpha value is -0.551. The Morgan fingerprint density at radius 1 is 1.30 bits per heavy atom. The number of nitrogens with zero attached hydrogens (tertiary/aromatic N) is 1. The van der Waals surface area contributed by atoms with Gasteiger partial charge in [0.15, 0.2) is 0 Å². The third-order valence-corrected chi connectivity index (χ3v) is 7.47. The number of amidine groups is 1. The second-order valence-electron chi connectivity index (χ2n) is 5.69. The van der Waals surface area contributed by atoms with E-state index >= 15 is 0 Å². The topological polar surface area (TPSA) is 64.4 Å². The van der Waals surface area contributed by atoms with Crippen LogP contribution in [-0.4, -0.2) is 25.0 Å².